The smallest absolute Gasteiger partial charge is 0.217 e. The molecule has 2 nitrogen and oxygen atoms in total. The van der Waals surface area contributed by atoms with Gasteiger partial charge in [0.25, 0.3) is 0 Å². The fourth-order valence-electron chi connectivity index (χ4n) is 0.881. The van der Waals surface area contributed by atoms with Gasteiger partial charge in [-0.2, -0.15) is 9.37 Å². The van der Waals surface area contributed by atoms with Gasteiger partial charge in [0.1, 0.15) is 0 Å². The highest BCUT2D eigenvalue weighted by atomic mass is 19.1. The molecule has 0 radical (unpaired) electrons. The summed E-state index contributed by atoms with van der Waals surface area (Å²) in [5, 5.41) is 0. The van der Waals surface area contributed by atoms with Crippen molar-refractivity contribution in [1.82, 2.24) is 4.98 Å². The molecule has 0 saturated heterocycles. The topological polar surface area (TPSA) is 22.1 Å². The number of hydrogen-bond acceptors (Lipinski definition) is 2. The molecule has 0 fully saturated rings. The lowest BCUT2D eigenvalue weighted by Gasteiger charge is -2.22. The van der Waals surface area contributed by atoms with Gasteiger partial charge < -0.3 is 4.74 Å². The van der Waals surface area contributed by atoms with Crippen LogP contribution in [0.5, 0.6) is 5.88 Å². The van der Waals surface area contributed by atoms with Gasteiger partial charge in [-0.15, -0.1) is 6.42 Å². The number of nitrogens with zero attached hydrogens (tertiary/aromatic N) is 1. The molecule has 1 aromatic heterocycles. The van der Waals surface area contributed by atoms with E-state index in [0.29, 0.717) is 6.42 Å². The summed E-state index contributed by atoms with van der Waals surface area (Å²) in [6.07, 6.45) is 5.95. The summed E-state index contributed by atoms with van der Waals surface area (Å²) in [5.41, 5.74) is -0.721. The van der Waals surface area contributed by atoms with E-state index in [-0.39, 0.29) is 5.88 Å². The van der Waals surface area contributed by atoms with E-state index in [4.69, 9.17) is 11.2 Å². The molecule has 1 atom stereocenters. The molecule has 74 valence electrons. The van der Waals surface area contributed by atoms with E-state index in [0.717, 1.165) is 0 Å². The molecule has 0 aliphatic rings. The second-order valence-corrected chi connectivity index (χ2v) is 3.13. The van der Waals surface area contributed by atoms with Crippen LogP contribution in [0.25, 0.3) is 0 Å². The van der Waals surface area contributed by atoms with E-state index in [2.05, 4.69) is 10.9 Å². The van der Waals surface area contributed by atoms with Gasteiger partial charge in [-0.05, 0) is 19.4 Å². The summed E-state index contributed by atoms with van der Waals surface area (Å²) in [5.74, 6) is 2.16. The second kappa shape index (κ2) is 4.10. The predicted octanol–water partition coefficient (Wildman–Crippen LogP) is 2.40. The Morgan fingerprint density at radius 1 is 1.64 bits per heavy atom. The second-order valence-electron chi connectivity index (χ2n) is 3.13. The Morgan fingerprint density at radius 3 is 2.86 bits per heavy atom. The molecule has 1 rings (SSSR count). The average Bonchev–Trinajstić information content (AvgIpc) is 2.18. The summed E-state index contributed by atoms with van der Waals surface area (Å²) < 4.78 is 18.1. The molecule has 1 heterocycles. The first-order chi connectivity index (χ1) is 6.59. The molecule has 0 saturated carbocycles. The molecule has 0 aromatic carbocycles. The van der Waals surface area contributed by atoms with Gasteiger partial charge in [-0.1, -0.05) is 18.9 Å². The van der Waals surface area contributed by atoms with Crippen molar-refractivity contribution in [3.63, 3.8) is 0 Å². The standard InChI is InChI=1S/C11H12FNO/c1-4-11(3,5-2)14-10-8-6-7-9(12)13-10/h1,6-8H,5H2,2-3H3. The zero-order valence-electron chi connectivity index (χ0n) is 8.25. The van der Waals surface area contributed by atoms with Crippen molar-refractivity contribution in [2.45, 2.75) is 25.9 Å². The number of aromatic nitrogens is 1. The highest BCUT2D eigenvalue weighted by Crippen LogP contribution is 2.18. The van der Waals surface area contributed by atoms with Gasteiger partial charge in [0.15, 0.2) is 5.60 Å². The largest absolute Gasteiger partial charge is 0.458 e. The number of pyridine rings is 1. The van der Waals surface area contributed by atoms with Crippen LogP contribution in [0.1, 0.15) is 20.3 Å². The SMILES string of the molecule is C#CC(C)(CC)Oc1cccc(F)n1. The van der Waals surface area contributed by atoms with Gasteiger partial charge in [0.2, 0.25) is 11.8 Å². The monoisotopic (exact) mass is 193 g/mol. The fourth-order valence-corrected chi connectivity index (χ4v) is 0.881. The van der Waals surface area contributed by atoms with Crippen LogP contribution >= 0.6 is 0 Å². The maximum absolute atomic E-state index is 12.7. The van der Waals surface area contributed by atoms with Gasteiger partial charge >= 0.3 is 0 Å². The fraction of sp³-hybridized carbons (Fsp3) is 0.364. The maximum Gasteiger partial charge on any atom is 0.217 e. The van der Waals surface area contributed by atoms with Crippen LogP contribution < -0.4 is 4.74 Å². The Balaban J connectivity index is 2.84. The third-order valence-electron chi connectivity index (χ3n) is 2.00. The van der Waals surface area contributed by atoms with E-state index >= 15 is 0 Å². The molecule has 1 aromatic rings. The van der Waals surface area contributed by atoms with Gasteiger partial charge in [-0.25, -0.2) is 0 Å². The van der Waals surface area contributed by atoms with Crippen LogP contribution in [0.3, 0.4) is 0 Å². The first-order valence-electron chi connectivity index (χ1n) is 4.39. The van der Waals surface area contributed by atoms with Crippen molar-refractivity contribution < 1.29 is 9.13 Å². The van der Waals surface area contributed by atoms with Crippen LogP contribution in [0.15, 0.2) is 18.2 Å². The Labute approximate surface area is 83.1 Å². The quantitative estimate of drug-likeness (QED) is 0.543. The molecule has 14 heavy (non-hydrogen) atoms. The van der Waals surface area contributed by atoms with E-state index in [9.17, 15) is 4.39 Å². The third kappa shape index (κ3) is 2.46. The molecule has 0 N–H and O–H groups in total. The first kappa shape index (κ1) is 10.5. The van der Waals surface area contributed by atoms with Crippen molar-refractivity contribution in [3.8, 4) is 18.2 Å². The average molecular weight is 193 g/mol. The maximum atomic E-state index is 12.7. The van der Waals surface area contributed by atoms with Crippen molar-refractivity contribution in [1.29, 1.82) is 0 Å². The number of ether oxygens (including phenoxy) is 1. The Morgan fingerprint density at radius 2 is 2.36 bits per heavy atom. The minimum absolute atomic E-state index is 0.215. The molecular weight excluding hydrogens is 181 g/mol. The van der Waals surface area contributed by atoms with E-state index in [1.54, 1.807) is 13.0 Å². The lowest BCUT2D eigenvalue weighted by atomic mass is 10.1. The number of rotatable bonds is 3. The van der Waals surface area contributed by atoms with E-state index < -0.39 is 11.5 Å². The minimum Gasteiger partial charge on any atom is -0.458 e. The predicted molar refractivity (Wildman–Crippen MR) is 52.4 cm³/mol. The van der Waals surface area contributed by atoms with Crippen LogP contribution in [0, 0.1) is 18.3 Å². The van der Waals surface area contributed by atoms with Crippen LogP contribution in [0.4, 0.5) is 4.39 Å². The molecule has 0 spiro atoms. The summed E-state index contributed by atoms with van der Waals surface area (Å²) in [4.78, 5) is 3.57. The minimum atomic E-state index is -0.721. The summed E-state index contributed by atoms with van der Waals surface area (Å²) in [7, 11) is 0. The molecular formula is C11H12FNO. The Bertz CT molecular complexity index is 359. The van der Waals surface area contributed by atoms with Crippen LogP contribution in [0.2, 0.25) is 0 Å². The Hall–Kier alpha value is -1.56. The molecule has 0 aliphatic heterocycles. The summed E-state index contributed by atoms with van der Waals surface area (Å²) in [6, 6.07) is 4.37. The normalized spacial score (nSPS) is 14.1. The lowest BCUT2D eigenvalue weighted by Crippen LogP contribution is -2.29. The highest BCUT2D eigenvalue weighted by molar-refractivity contribution is 5.16. The van der Waals surface area contributed by atoms with Crippen molar-refractivity contribution >= 4 is 0 Å². The highest BCUT2D eigenvalue weighted by Gasteiger charge is 2.21. The number of hydrogen-bond donors (Lipinski definition) is 0. The van der Waals surface area contributed by atoms with Gasteiger partial charge in [0.05, 0.1) is 0 Å². The van der Waals surface area contributed by atoms with Gasteiger partial charge in [-0.3, -0.25) is 0 Å². The van der Waals surface area contributed by atoms with E-state index in [1.807, 2.05) is 6.92 Å². The van der Waals surface area contributed by atoms with Crippen LogP contribution in [-0.2, 0) is 0 Å². The number of terminal acetylenes is 1. The summed E-state index contributed by atoms with van der Waals surface area (Å²) >= 11 is 0. The molecule has 1 unspecified atom stereocenters. The zero-order valence-corrected chi connectivity index (χ0v) is 8.25. The molecule has 3 heteroatoms. The van der Waals surface area contributed by atoms with Crippen LogP contribution in [-0.4, -0.2) is 10.6 Å². The van der Waals surface area contributed by atoms with Crippen molar-refractivity contribution in [3.05, 3.63) is 24.1 Å². The summed E-state index contributed by atoms with van der Waals surface area (Å²) in [6.45, 7) is 3.67. The lowest BCUT2D eigenvalue weighted by molar-refractivity contribution is 0.138. The third-order valence-corrected chi connectivity index (χ3v) is 2.00. The van der Waals surface area contributed by atoms with Gasteiger partial charge in [0, 0.05) is 6.07 Å². The molecule has 0 aliphatic carbocycles. The van der Waals surface area contributed by atoms with Crippen molar-refractivity contribution in [2.24, 2.45) is 0 Å². The number of halogens is 1. The zero-order chi connectivity index (χ0) is 10.6. The first-order valence-corrected chi connectivity index (χ1v) is 4.39. The Kier molecular flexibility index (Phi) is 3.08. The molecule has 0 bridgehead atoms. The molecule has 0 amide bonds. The van der Waals surface area contributed by atoms with E-state index in [1.165, 1.54) is 12.1 Å². The van der Waals surface area contributed by atoms with Crippen molar-refractivity contribution in [2.75, 3.05) is 0 Å².